The van der Waals surface area contributed by atoms with Crippen LogP contribution in [0.5, 0.6) is 0 Å². The number of nitrogens with zero attached hydrogens (tertiary/aromatic N) is 2. The number of rotatable bonds is 10. The summed E-state index contributed by atoms with van der Waals surface area (Å²) in [6.45, 7) is 4.82. The Morgan fingerprint density at radius 2 is 1.74 bits per heavy atom. The van der Waals surface area contributed by atoms with Crippen LogP contribution in [-0.4, -0.2) is 41.3 Å². The van der Waals surface area contributed by atoms with E-state index in [-0.39, 0.29) is 30.5 Å². The summed E-state index contributed by atoms with van der Waals surface area (Å²) in [7, 11) is 0. The normalized spacial score (nSPS) is 10.7. The fourth-order valence-electron chi connectivity index (χ4n) is 2.90. The molecule has 0 unspecified atom stereocenters. The maximum Gasteiger partial charge on any atom is 0.271 e. The van der Waals surface area contributed by atoms with Gasteiger partial charge in [0.15, 0.2) is 0 Å². The average Bonchev–Trinajstić information content (AvgIpc) is 2.70. The van der Waals surface area contributed by atoms with Gasteiger partial charge >= 0.3 is 0 Å². The Bertz CT molecular complexity index is 968. The second kappa shape index (κ2) is 11.6. The van der Waals surface area contributed by atoms with Crippen LogP contribution in [-0.2, 0) is 9.59 Å². The number of nitrogens with one attached hydrogen (secondary N) is 2. The van der Waals surface area contributed by atoms with E-state index in [4.69, 9.17) is 23.2 Å². The molecule has 31 heavy (non-hydrogen) atoms. The fraction of sp³-hybridized carbons (Fsp3) is 0.333. The monoisotopic (exact) mass is 466 g/mol. The van der Waals surface area contributed by atoms with Crippen LogP contribution in [0, 0.1) is 17.0 Å². The third-order valence-corrected chi connectivity index (χ3v) is 5.02. The Labute approximate surface area is 190 Å². The molecule has 0 heterocycles. The molecule has 0 atom stereocenters. The van der Waals surface area contributed by atoms with E-state index in [0.717, 1.165) is 12.0 Å². The van der Waals surface area contributed by atoms with Gasteiger partial charge in [0, 0.05) is 30.1 Å². The van der Waals surface area contributed by atoms with Gasteiger partial charge in [0.1, 0.15) is 0 Å². The zero-order chi connectivity index (χ0) is 23.0. The molecule has 0 spiro atoms. The lowest BCUT2D eigenvalue weighted by molar-refractivity contribution is -0.384. The average molecular weight is 467 g/mol. The summed E-state index contributed by atoms with van der Waals surface area (Å²) in [4.78, 5) is 37.1. The molecule has 2 amide bonds. The number of carbonyl (C=O) groups excluding carboxylic acids is 2. The van der Waals surface area contributed by atoms with Crippen molar-refractivity contribution in [3.05, 3.63) is 62.1 Å². The molecule has 0 aliphatic heterocycles. The van der Waals surface area contributed by atoms with Crippen molar-refractivity contribution < 1.29 is 14.5 Å². The quantitative estimate of drug-likeness (QED) is 0.383. The Balaban J connectivity index is 1.92. The first-order valence-electron chi connectivity index (χ1n) is 9.71. The molecule has 0 bridgehead atoms. The molecule has 2 aromatic rings. The van der Waals surface area contributed by atoms with Gasteiger partial charge in [-0.1, -0.05) is 36.2 Å². The van der Waals surface area contributed by atoms with Gasteiger partial charge in [0.25, 0.3) is 5.69 Å². The second-order valence-corrected chi connectivity index (χ2v) is 7.85. The number of aryl methyl sites for hydroxylation is 1. The summed E-state index contributed by atoms with van der Waals surface area (Å²) in [6.07, 6.45) is 0.942. The first kappa shape index (κ1) is 24.6. The summed E-state index contributed by atoms with van der Waals surface area (Å²) < 4.78 is 0. The van der Waals surface area contributed by atoms with Crippen molar-refractivity contribution in [3.63, 3.8) is 0 Å². The van der Waals surface area contributed by atoms with E-state index in [2.05, 4.69) is 10.6 Å². The molecule has 10 heteroatoms. The number of hydrogen-bond donors (Lipinski definition) is 2. The molecule has 2 N–H and O–H groups in total. The minimum Gasteiger partial charge on any atom is -0.326 e. The van der Waals surface area contributed by atoms with Crippen LogP contribution >= 0.6 is 23.2 Å². The highest BCUT2D eigenvalue weighted by Gasteiger charge is 2.15. The summed E-state index contributed by atoms with van der Waals surface area (Å²) in [6, 6.07) is 9.11. The molecule has 0 aromatic heterocycles. The van der Waals surface area contributed by atoms with E-state index < -0.39 is 4.92 Å². The van der Waals surface area contributed by atoms with Gasteiger partial charge < -0.3 is 10.6 Å². The van der Waals surface area contributed by atoms with Crippen LogP contribution in [0.3, 0.4) is 0 Å². The van der Waals surface area contributed by atoms with Gasteiger partial charge in [-0.25, -0.2) is 0 Å². The standard InChI is InChI=1S/C21H24Cl2N4O4/c1-3-9-26(13-21(29)24-18-7-5-15(22)11-17(18)23)10-8-20(28)25-19-12-16(27(30)31)6-4-14(19)2/h4-7,11-12H,3,8-10,13H2,1-2H3,(H,24,29)(H,25,28). The summed E-state index contributed by atoms with van der Waals surface area (Å²) in [5, 5.41) is 17.2. The molecular weight excluding hydrogens is 443 g/mol. The van der Waals surface area contributed by atoms with E-state index in [9.17, 15) is 19.7 Å². The zero-order valence-electron chi connectivity index (χ0n) is 17.3. The number of benzene rings is 2. The lowest BCUT2D eigenvalue weighted by Crippen LogP contribution is -2.36. The molecule has 0 saturated carbocycles. The molecule has 166 valence electrons. The van der Waals surface area contributed by atoms with Crippen LogP contribution in [0.4, 0.5) is 17.1 Å². The van der Waals surface area contributed by atoms with E-state index in [0.29, 0.717) is 34.5 Å². The smallest absolute Gasteiger partial charge is 0.271 e. The van der Waals surface area contributed by atoms with Gasteiger partial charge in [-0.3, -0.25) is 24.6 Å². The molecule has 0 fully saturated rings. The Kier molecular flexibility index (Phi) is 9.23. The van der Waals surface area contributed by atoms with Gasteiger partial charge in [-0.05, 0) is 43.7 Å². The molecule has 0 aliphatic rings. The molecule has 8 nitrogen and oxygen atoms in total. The predicted octanol–water partition coefficient (Wildman–Crippen LogP) is 4.89. The largest absolute Gasteiger partial charge is 0.326 e. The third-order valence-electron chi connectivity index (χ3n) is 4.47. The van der Waals surface area contributed by atoms with Gasteiger partial charge in [0.05, 0.1) is 27.9 Å². The van der Waals surface area contributed by atoms with Crippen LogP contribution in [0.2, 0.25) is 10.0 Å². The molecular formula is C21H24Cl2N4O4. The Morgan fingerprint density at radius 3 is 2.39 bits per heavy atom. The number of halogens is 2. The number of non-ortho nitro benzene ring substituents is 1. The molecule has 2 aromatic carbocycles. The van der Waals surface area contributed by atoms with Gasteiger partial charge in [-0.15, -0.1) is 0 Å². The Hall–Kier alpha value is -2.68. The number of anilines is 2. The van der Waals surface area contributed by atoms with Crippen molar-refractivity contribution in [2.45, 2.75) is 26.7 Å². The first-order valence-corrected chi connectivity index (χ1v) is 10.5. The van der Waals surface area contributed by atoms with E-state index in [1.165, 1.54) is 12.1 Å². The minimum atomic E-state index is -0.510. The van der Waals surface area contributed by atoms with Crippen molar-refractivity contribution >= 4 is 52.1 Å². The highest BCUT2D eigenvalue weighted by molar-refractivity contribution is 6.36. The van der Waals surface area contributed by atoms with Crippen LogP contribution in [0.25, 0.3) is 0 Å². The van der Waals surface area contributed by atoms with Crippen LogP contribution < -0.4 is 10.6 Å². The highest BCUT2D eigenvalue weighted by Crippen LogP contribution is 2.25. The lowest BCUT2D eigenvalue weighted by Gasteiger charge is -2.21. The second-order valence-electron chi connectivity index (χ2n) is 7.00. The first-order chi connectivity index (χ1) is 14.7. The molecule has 0 aliphatic carbocycles. The molecule has 0 radical (unpaired) electrons. The number of hydrogen-bond acceptors (Lipinski definition) is 5. The molecule has 0 saturated heterocycles. The zero-order valence-corrected chi connectivity index (χ0v) is 18.8. The predicted molar refractivity (Wildman–Crippen MR) is 123 cm³/mol. The minimum absolute atomic E-state index is 0.0916. The van der Waals surface area contributed by atoms with E-state index >= 15 is 0 Å². The van der Waals surface area contributed by atoms with Crippen molar-refractivity contribution in [3.8, 4) is 0 Å². The van der Waals surface area contributed by atoms with Crippen LogP contribution in [0.15, 0.2) is 36.4 Å². The topological polar surface area (TPSA) is 105 Å². The maximum absolute atomic E-state index is 12.4. The van der Waals surface area contributed by atoms with Crippen molar-refractivity contribution in [2.24, 2.45) is 0 Å². The fourth-order valence-corrected chi connectivity index (χ4v) is 3.36. The van der Waals surface area contributed by atoms with Crippen molar-refractivity contribution in [1.29, 1.82) is 0 Å². The van der Waals surface area contributed by atoms with Gasteiger partial charge in [0.2, 0.25) is 11.8 Å². The number of carbonyl (C=O) groups is 2. The van der Waals surface area contributed by atoms with Crippen LogP contribution in [0.1, 0.15) is 25.3 Å². The van der Waals surface area contributed by atoms with Gasteiger partial charge in [-0.2, -0.15) is 0 Å². The highest BCUT2D eigenvalue weighted by atomic mass is 35.5. The maximum atomic E-state index is 12.4. The Morgan fingerprint density at radius 1 is 1.03 bits per heavy atom. The number of amides is 2. The summed E-state index contributed by atoms with van der Waals surface area (Å²) in [5.41, 5.74) is 1.50. The number of nitro groups is 1. The lowest BCUT2D eigenvalue weighted by atomic mass is 10.1. The van der Waals surface area contributed by atoms with E-state index in [1.807, 2.05) is 11.8 Å². The SMILES string of the molecule is CCCN(CCC(=O)Nc1cc([N+](=O)[O-])ccc1C)CC(=O)Nc1ccc(Cl)cc1Cl. The third kappa shape index (κ3) is 7.82. The number of nitro benzene ring substituents is 1. The van der Waals surface area contributed by atoms with Crippen molar-refractivity contribution in [2.75, 3.05) is 30.3 Å². The summed E-state index contributed by atoms with van der Waals surface area (Å²) >= 11 is 12.0. The molecule has 2 rings (SSSR count). The van der Waals surface area contributed by atoms with Crippen molar-refractivity contribution in [1.82, 2.24) is 4.90 Å². The van der Waals surface area contributed by atoms with E-state index in [1.54, 1.807) is 31.2 Å². The summed E-state index contributed by atoms with van der Waals surface area (Å²) in [5.74, 6) is -0.543.